The van der Waals surface area contributed by atoms with Crippen LogP contribution in [-0.4, -0.2) is 22.0 Å². The van der Waals surface area contributed by atoms with E-state index < -0.39 is 0 Å². The second kappa shape index (κ2) is 7.91. The summed E-state index contributed by atoms with van der Waals surface area (Å²) in [6.45, 7) is 5.64. The Balaban J connectivity index is 2.41. The van der Waals surface area contributed by atoms with Crippen LogP contribution in [0.1, 0.15) is 25.0 Å². The number of aromatic hydroxyl groups is 1. The first-order valence-electron chi connectivity index (χ1n) is 8.82. The average Bonchev–Trinajstić information content (AvgIpc) is 2.70. The fourth-order valence-electron chi connectivity index (χ4n) is 3.08. The molecule has 0 spiro atoms. The van der Waals surface area contributed by atoms with E-state index in [1.807, 2.05) is 67.6 Å². The van der Waals surface area contributed by atoms with Gasteiger partial charge in [0.25, 0.3) is 5.56 Å². The van der Waals surface area contributed by atoms with Crippen LogP contribution in [0.5, 0.6) is 5.75 Å². The molecule has 5 heteroatoms. The topological polar surface area (TPSA) is 63.8 Å². The van der Waals surface area contributed by atoms with E-state index in [1.165, 1.54) is 0 Å². The Kier molecular flexibility index (Phi) is 5.41. The number of nitrogens with zero attached hydrogens (tertiary/aromatic N) is 2. The number of hydrogen-bond donors (Lipinski definition) is 1. The summed E-state index contributed by atoms with van der Waals surface area (Å²) in [5, 5.41) is 14.8. The third-order valence-corrected chi connectivity index (χ3v) is 4.34. The lowest BCUT2D eigenvalue weighted by molar-refractivity contribution is 0.159. The summed E-state index contributed by atoms with van der Waals surface area (Å²) in [6, 6.07) is 18.9. The molecule has 0 amide bonds. The second-order valence-electron chi connectivity index (χ2n) is 6.13. The van der Waals surface area contributed by atoms with Gasteiger partial charge in [-0.1, -0.05) is 53.7 Å². The highest BCUT2D eigenvalue weighted by Gasteiger charge is 2.23. The Hall–Kier alpha value is -3.34. The number of benzene rings is 2. The normalized spacial score (nSPS) is 11.4. The molecule has 138 valence electrons. The molecule has 0 saturated heterocycles. The molecule has 1 aromatic heterocycles. The largest absolute Gasteiger partial charge is 0.507 e. The molecule has 2 aromatic carbocycles. The SMILES string of the molecule is CCO/N=C(/C)c1c(O)c(C)c(-c2ccccc2)n(-c2ccccc2)c1=O. The zero-order valence-electron chi connectivity index (χ0n) is 15.6. The lowest BCUT2D eigenvalue weighted by atomic mass is 10.0. The highest BCUT2D eigenvalue weighted by Crippen LogP contribution is 2.32. The van der Waals surface area contributed by atoms with Crippen molar-refractivity contribution in [1.29, 1.82) is 0 Å². The highest BCUT2D eigenvalue weighted by molar-refractivity contribution is 6.01. The monoisotopic (exact) mass is 362 g/mol. The predicted octanol–water partition coefficient (Wildman–Crippen LogP) is 4.28. The third-order valence-electron chi connectivity index (χ3n) is 4.34. The van der Waals surface area contributed by atoms with Gasteiger partial charge in [-0.05, 0) is 38.5 Å². The number of pyridine rings is 1. The first-order valence-corrected chi connectivity index (χ1v) is 8.82. The van der Waals surface area contributed by atoms with Crippen molar-refractivity contribution in [2.75, 3.05) is 6.61 Å². The Labute approximate surface area is 158 Å². The summed E-state index contributed by atoms with van der Waals surface area (Å²) in [7, 11) is 0. The maximum Gasteiger partial charge on any atom is 0.268 e. The molecule has 0 radical (unpaired) electrons. The van der Waals surface area contributed by atoms with Crippen molar-refractivity contribution in [3.05, 3.63) is 82.1 Å². The van der Waals surface area contributed by atoms with Crippen LogP contribution in [-0.2, 0) is 4.84 Å². The molecule has 5 nitrogen and oxygen atoms in total. The number of oxime groups is 1. The molecule has 1 heterocycles. The average molecular weight is 362 g/mol. The fourth-order valence-corrected chi connectivity index (χ4v) is 3.08. The summed E-state index contributed by atoms with van der Waals surface area (Å²) in [4.78, 5) is 18.5. The van der Waals surface area contributed by atoms with Crippen molar-refractivity contribution >= 4 is 5.71 Å². The van der Waals surface area contributed by atoms with Gasteiger partial charge in [-0.3, -0.25) is 9.36 Å². The summed E-state index contributed by atoms with van der Waals surface area (Å²) in [5.41, 5.74) is 2.95. The van der Waals surface area contributed by atoms with Crippen molar-refractivity contribution in [2.24, 2.45) is 5.16 Å². The van der Waals surface area contributed by atoms with Gasteiger partial charge in [-0.15, -0.1) is 0 Å². The molecule has 3 rings (SSSR count). The summed E-state index contributed by atoms with van der Waals surface area (Å²) in [5.74, 6) is -0.0769. The minimum Gasteiger partial charge on any atom is -0.507 e. The smallest absolute Gasteiger partial charge is 0.268 e. The van der Waals surface area contributed by atoms with Gasteiger partial charge in [-0.25, -0.2) is 0 Å². The van der Waals surface area contributed by atoms with Crippen LogP contribution in [0.3, 0.4) is 0 Å². The Morgan fingerprint density at radius 2 is 1.67 bits per heavy atom. The summed E-state index contributed by atoms with van der Waals surface area (Å²) >= 11 is 0. The predicted molar refractivity (Wildman–Crippen MR) is 108 cm³/mol. The van der Waals surface area contributed by atoms with Crippen LogP contribution in [0, 0.1) is 6.92 Å². The number of para-hydroxylation sites is 1. The van der Waals surface area contributed by atoms with Crippen LogP contribution in [0.2, 0.25) is 0 Å². The minimum absolute atomic E-state index is 0.0769. The Morgan fingerprint density at radius 1 is 1.07 bits per heavy atom. The molecule has 0 aliphatic heterocycles. The van der Waals surface area contributed by atoms with Crippen molar-refractivity contribution < 1.29 is 9.94 Å². The third kappa shape index (κ3) is 3.49. The van der Waals surface area contributed by atoms with E-state index in [-0.39, 0.29) is 16.9 Å². The molecular weight excluding hydrogens is 340 g/mol. The van der Waals surface area contributed by atoms with E-state index in [9.17, 15) is 9.90 Å². The van der Waals surface area contributed by atoms with Gasteiger partial charge in [0.05, 0.1) is 11.4 Å². The molecule has 0 aliphatic carbocycles. The molecule has 0 bridgehead atoms. The van der Waals surface area contributed by atoms with E-state index in [1.54, 1.807) is 18.4 Å². The molecule has 0 atom stereocenters. The van der Waals surface area contributed by atoms with Gasteiger partial charge in [0.1, 0.15) is 17.9 Å². The molecule has 1 N–H and O–H groups in total. The van der Waals surface area contributed by atoms with Gasteiger partial charge in [0, 0.05) is 11.3 Å². The first kappa shape index (κ1) is 18.5. The summed E-state index contributed by atoms with van der Waals surface area (Å²) < 4.78 is 1.62. The molecule has 0 unspecified atom stereocenters. The van der Waals surface area contributed by atoms with Crippen molar-refractivity contribution in [3.8, 4) is 22.7 Å². The van der Waals surface area contributed by atoms with E-state index >= 15 is 0 Å². The van der Waals surface area contributed by atoms with Gasteiger partial charge in [0.2, 0.25) is 0 Å². The number of rotatable bonds is 5. The Morgan fingerprint density at radius 3 is 2.26 bits per heavy atom. The molecule has 0 aliphatic rings. The summed E-state index contributed by atoms with van der Waals surface area (Å²) in [6.07, 6.45) is 0. The second-order valence-corrected chi connectivity index (χ2v) is 6.13. The molecule has 0 saturated carbocycles. The van der Waals surface area contributed by atoms with Crippen LogP contribution in [0.25, 0.3) is 16.9 Å². The first-order chi connectivity index (χ1) is 13.1. The van der Waals surface area contributed by atoms with E-state index in [2.05, 4.69) is 5.16 Å². The zero-order valence-corrected chi connectivity index (χ0v) is 15.6. The van der Waals surface area contributed by atoms with Gasteiger partial charge < -0.3 is 9.94 Å². The number of hydrogen-bond acceptors (Lipinski definition) is 4. The van der Waals surface area contributed by atoms with E-state index in [4.69, 9.17) is 4.84 Å². The van der Waals surface area contributed by atoms with Gasteiger partial charge >= 0.3 is 0 Å². The maximum absolute atomic E-state index is 13.4. The van der Waals surface area contributed by atoms with E-state index in [0.717, 1.165) is 11.3 Å². The van der Waals surface area contributed by atoms with Crippen molar-refractivity contribution in [2.45, 2.75) is 20.8 Å². The fraction of sp³-hybridized carbons (Fsp3) is 0.182. The van der Waals surface area contributed by atoms with Crippen molar-refractivity contribution in [1.82, 2.24) is 4.57 Å². The quantitative estimate of drug-likeness (QED) is 0.544. The van der Waals surface area contributed by atoms with Crippen molar-refractivity contribution in [3.63, 3.8) is 0 Å². The van der Waals surface area contributed by atoms with Crippen LogP contribution < -0.4 is 5.56 Å². The van der Waals surface area contributed by atoms with Crippen LogP contribution in [0.4, 0.5) is 0 Å². The minimum atomic E-state index is -0.343. The zero-order chi connectivity index (χ0) is 19.4. The Bertz CT molecular complexity index is 1020. The maximum atomic E-state index is 13.4. The lowest BCUT2D eigenvalue weighted by Gasteiger charge is -2.19. The van der Waals surface area contributed by atoms with Crippen LogP contribution in [0.15, 0.2) is 70.6 Å². The number of aromatic nitrogens is 1. The highest BCUT2D eigenvalue weighted by atomic mass is 16.6. The lowest BCUT2D eigenvalue weighted by Crippen LogP contribution is -2.27. The van der Waals surface area contributed by atoms with Gasteiger partial charge in [0.15, 0.2) is 0 Å². The standard InChI is InChI=1S/C22H22N2O3/c1-4-27-23-16(3)19-21(25)15(2)20(17-11-7-5-8-12-17)24(22(19)26)18-13-9-6-10-14-18/h5-14,25H,4H2,1-3H3/b23-16-. The van der Waals surface area contributed by atoms with E-state index in [0.29, 0.717) is 23.6 Å². The van der Waals surface area contributed by atoms with Crippen LogP contribution >= 0.6 is 0 Å². The van der Waals surface area contributed by atoms with Gasteiger partial charge in [-0.2, -0.15) is 0 Å². The molecule has 27 heavy (non-hydrogen) atoms. The molecule has 0 fully saturated rings. The molecule has 3 aromatic rings. The molecular formula is C22H22N2O3.